The first-order valence-corrected chi connectivity index (χ1v) is 18.8. The standard InChI is InChI=1S/2C22H25N2O3.Fe/c2*1-12(2)11-24-21-15-9-8-14(13(3)4)10-18(15)27-22(21,26)16-6-5-7-17(23)19(16)20(21)25;/h2*5-10,12-13,26H,11,23H2,1-4H3;/q2*-1;+2. The zero-order chi connectivity index (χ0) is 39.1. The number of nitrogen functional groups attached to an aromatic ring is 2. The molecule has 10 nitrogen and oxygen atoms in total. The number of carbonyl (C=O) groups excluding carboxylic acids is 2. The van der Waals surface area contributed by atoms with Crippen LogP contribution in [0.15, 0.2) is 72.8 Å². The van der Waals surface area contributed by atoms with Crippen LogP contribution in [-0.4, -0.2) is 34.9 Å². The predicted molar refractivity (Wildman–Crippen MR) is 210 cm³/mol. The molecule has 4 unspecified atom stereocenters. The number of benzene rings is 4. The van der Waals surface area contributed by atoms with Crippen LogP contribution in [0, 0.1) is 11.8 Å². The molecule has 6 N–H and O–H groups in total. The first-order chi connectivity index (χ1) is 25.4. The normalized spacial score (nSPS) is 25.1. The van der Waals surface area contributed by atoms with Gasteiger partial charge in [0.05, 0.1) is 0 Å². The smallest absolute Gasteiger partial charge is 0.640 e. The molecule has 290 valence electrons. The molecule has 8 rings (SSSR count). The Morgan fingerprint density at radius 1 is 0.582 bits per heavy atom. The van der Waals surface area contributed by atoms with Gasteiger partial charge in [-0.25, -0.2) is 0 Å². The monoisotopic (exact) mass is 786 g/mol. The molecule has 11 heteroatoms. The number of ether oxygens (including phenoxy) is 2. The molecule has 0 bridgehead atoms. The average molecular weight is 787 g/mol. The third-order valence-electron chi connectivity index (χ3n) is 11.0. The second-order valence-electron chi connectivity index (χ2n) is 16.4. The molecule has 2 aliphatic heterocycles. The maximum Gasteiger partial charge on any atom is 2.00 e. The number of anilines is 2. The molecule has 4 aromatic rings. The van der Waals surface area contributed by atoms with Crippen LogP contribution in [-0.2, 0) is 39.7 Å². The molecule has 4 aliphatic rings. The number of ketones is 2. The molecular formula is C44H50FeN4O6. The van der Waals surface area contributed by atoms with Crippen molar-refractivity contribution in [2.45, 2.75) is 89.9 Å². The number of hydrogen-bond acceptors (Lipinski definition) is 8. The van der Waals surface area contributed by atoms with Crippen molar-refractivity contribution < 1.29 is 46.3 Å². The van der Waals surface area contributed by atoms with Crippen molar-refractivity contribution in [1.29, 1.82) is 0 Å². The van der Waals surface area contributed by atoms with E-state index in [0.717, 1.165) is 11.1 Å². The minimum absolute atomic E-state index is 0. The molecule has 0 saturated heterocycles. The second-order valence-corrected chi connectivity index (χ2v) is 16.4. The van der Waals surface area contributed by atoms with E-state index < -0.39 is 22.7 Å². The van der Waals surface area contributed by atoms with E-state index in [4.69, 9.17) is 31.6 Å². The van der Waals surface area contributed by atoms with Crippen LogP contribution in [0.1, 0.15) is 121 Å². The number of nitrogens with two attached hydrogens (primary N) is 2. The SMILES string of the molecule is CC(C)C[N-]C12C(=O)c3c(N)cccc3C1(O)Oc1cc(C(C)C)ccc12.CC(C)C[N-]C12C(=O)c3c(N)cccc3C1(O)Oc1cc(C(C)C)ccc12.[Fe+2]. The fraction of sp³-hybridized carbons (Fsp3) is 0.409. The maximum atomic E-state index is 13.6. The van der Waals surface area contributed by atoms with Crippen molar-refractivity contribution in [1.82, 2.24) is 0 Å². The van der Waals surface area contributed by atoms with Gasteiger partial charge in [0.25, 0.3) is 0 Å². The van der Waals surface area contributed by atoms with Gasteiger partial charge in [-0.1, -0.05) is 116 Å². The second kappa shape index (κ2) is 14.1. The fourth-order valence-electron chi connectivity index (χ4n) is 8.19. The Hall–Kier alpha value is -4.22. The van der Waals surface area contributed by atoms with E-state index in [1.165, 1.54) is 0 Å². The number of carbonyl (C=O) groups is 2. The summed E-state index contributed by atoms with van der Waals surface area (Å²) in [7, 11) is 0. The Morgan fingerprint density at radius 3 is 1.27 bits per heavy atom. The molecule has 0 amide bonds. The number of aliphatic hydroxyl groups is 2. The number of Topliss-reactive ketones (excluding diaryl/α,β-unsaturated/α-hetero) is 2. The van der Waals surface area contributed by atoms with Crippen molar-refractivity contribution in [3.05, 3.63) is 128 Å². The van der Waals surface area contributed by atoms with Gasteiger partial charge < -0.3 is 41.8 Å². The van der Waals surface area contributed by atoms with Crippen LogP contribution in [0.25, 0.3) is 10.6 Å². The van der Waals surface area contributed by atoms with Crippen molar-refractivity contribution in [2.75, 3.05) is 24.6 Å². The van der Waals surface area contributed by atoms with Gasteiger partial charge in [0.1, 0.15) is 11.5 Å². The van der Waals surface area contributed by atoms with Crippen molar-refractivity contribution in [3.8, 4) is 11.5 Å². The van der Waals surface area contributed by atoms with Crippen LogP contribution in [0.2, 0.25) is 0 Å². The van der Waals surface area contributed by atoms with Gasteiger partial charge in [-0.3, -0.25) is 9.59 Å². The predicted octanol–water partition coefficient (Wildman–Crippen LogP) is 8.10. The first-order valence-electron chi connectivity index (χ1n) is 18.8. The molecule has 0 fully saturated rings. The molecule has 0 aromatic heterocycles. The van der Waals surface area contributed by atoms with E-state index in [9.17, 15) is 19.8 Å². The van der Waals surface area contributed by atoms with Crippen LogP contribution in [0.5, 0.6) is 11.5 Å². The molecule has 0 saturated carbocycles. The molecule has 4 aromatic carbocycles. The van der Waals surface area contributed by atoms with Gasteiger partial charge in [0, 0.05) is 44.7 Å². The van der Waals surface area contributed by atoms with E-state index in [2.05, 4.69) is 27.7 Å². The molecule has 0 spiro atoms. The van der Waals surface area contributed by atoms with E-state index in [1.807, 2.05) is 64.1 Å². The number of nitrogens with zero attached hydrogens (tertiary/aromatic N) is 2. The molecule has 0 radical (unpaired) electrons. The summed E-state index contributed by atoms with van der Waals surface area (Å²) in [6.45, 7) is 17.3. The van der Waals surface area contributed by atoms with Gasteiger partial charge in [-0.05, 0) is 58.4 Å². The number of hydrogen-bond donors (Lipinski definition) is 4. The summed E-state index contributed by atoms with van der Waals surface area (Å²) >= 11 is 0. The molecule has 2 heterocycles. The van der Waals surface area contributed by atoms with Crippen molar-refractivity contribution in [3.63, 3.8) is 0 Å². The summed E-state index contributed by atoms with van der Waals surface area (Å²) in [6.07, 6.45) is 0. The number of fused-ring (bicyclic) bond motifs is 10. The summed E-state index contributed by atoms with van der Waals surface area (Å²) in [5, 5.41) is 32.9. The number of rotatable bonds is 8. The zero-order valence-electron chi connectivity index (χ0n) is 32.6. The van der Waals surface area contributed by atoms with E-state index in [0.29, 0.717) is 81.2 Å². The molecule has 2 aliphatic carbocycles. The molecular weight excluding hydrogens is 736 g/mol. The summed E-state index contributed by atoms with van der Waals surface area (Å²) in [5.41, 5.74) is 14.6. The Morgan fingerprint density at radius 2 is 0.945 bits per heavy atom. The first kappa shape index (κ1) is 40.4. The Kier molecular flexibility index (Phi) is 10.3. The molecule has 55 heavy (non-hydrogen) atoms. The zero-order valence-corrected chi connectivity index (χ0v) is 33.7. The summed E-state index contributed by atoms with van der Waals surface area (Å²) in [4.78, 5) is 27.2. The quantitative estimate of drug-likeness (QED) is 0.102. The van der Waals surface area contributed by atoms with E-state index >= 15 is 0 Å². The Bertz CT molecular complexity index is 2030. The summed E-state index contributed by atoms with van der Waals surface area (Å²) < 4.78 is 12.2. The van der Waals surface area contributed by atoms with Crippen LogP contribution in [0.4, 0.5) is 11.4 Å². The van der Waals surface area contributed by atoms with Crippen LogP contribution < -0.4 is 20.9 Å². The van der Waals surface area contributed by atoms with Crippen molar-refractivity contribution >= 4 is 22.9 Å². The van der Waals surface area contributed by atoms with Crippen LogP contribution >= 0.6 is 0 Å². The topological polar surface area (TPSA) is 173 Å². The van der Waals surface area contributed by atoms with Gasteiger partial charge in [-0.2, -0.15) is 0 Å². The third-order valence-corrected chi connectivity index (χ3v) is 11.0. The average Bonchev–Trinajstić information content (AvgIpc) is 3.67. The van der Waals surface area contributed by atoms with Crippen molar-refractivity contribution in [2.24, 2.45) is 11.8 Å². The van der Waals surface area contributed by atoms with E-state index in [1.54, 1.807) is 36.4 Å². The Balaban J connectivity index is 0.000000184. The maximum absolute atomic E-state index is 13.6. The molecule has 4 atom stereocenters. The summed E-state index contributed by atoms with van der Waals surface area (Å²) in [5.74, 6) is -2.25. The van der Waals surface area contributed by atoms with E-state index in [-0.39, 0.29) is 40.5 Å². The largest absolute Gasteiger partial charge is 2.00 e. The van der Waals surface area contributed by atoms with Gasteiger partial charge >= 0.3 is 17.1 Å². The fourth-order valence-corrected chi connectivity index (χ4v) is 8.19. The van der Waals surface area contributed by atoms with Gasteiger partial charge in [0.15, 0.2) is 11.6 Å². The van der Waals surface area contributed by atoms with Crippen LogP contribution in [0.3, 0.4) is 0 Å². The minimum atomic E-state index is -1.87. The third kappa shape index (κ3) is 5.65. The summed E-state index contributed by atoms with van der Waals surface area (Å²) in [6, 6.07) is 21.7. The van der Waals surface area contributed by atoms with Gasteiger partial charge in [-0.15, -0.1) is 13.1 Å². The van der Waals surface area contributed by atoms with Gasteiger partial charge in [0.2, 0.25) is 11.6 Å². The Labute approximate surface area is 333 Å². The minimum Gasteiger partial charge on any atom is -0.640 e.